The average Bonchev–Trinajstić information content (AvgIpc) is 3.42. The summed E-state index contributed by atoms with van der Waals surface area (Å²) in [6.07, 6.45) is 1.58. The van der Waals surface area contributed by atoms with E-state index in [1.54, 1.807) is 40.0 Å². The van der Waals surface area contributed by atoms with E-state index in [0.29, 0.717) is 34.6 Å². The summed E-state index contributed by atoms with van der Waals surface area (Å²) in [5.74, 6) is 0.967. The van der Waals surface area contributed by atoms with Crippen LogP contribution in [0.15, 0.2) is 111 Å². The van der Waals surface area contributed by atoms with Gasteiger partial charge in [0, 0.05) is 10.0 Å². The number of rotatable bonds is 7. The molecule has 0 aliphatic heterocycles. The normalized spacial score (nSPS) is 11.9. The molecule has 7 heteroatoms. The molecule has 0 aliphatic carbocycles. The zero-order chi connectivity index (χ0) is 25.1. The molecule has 36 heavy (non-hydrogen) atoms. The largest absolute Gasteiger partial charge is 0.467 e. The Morgan fingerprint density at radius 3 is 2.53 bits per heavy atom. The van der Waals surface area contributed by atoms with Gasteiger partial charge in [0.2, 0.25) is 0 Å². The standard InChI is InChI=1S/C29H24BrN3O3/c1-20(32(19-24-13-8-16-36-24)28(34)22-11-7-12-23(30)17-22)27-31-26-15-6-5-14-25(26)29(35)33(27)18-21-9-3-2-4-10-21/h2-17,20H,18-19H2,1H3. The quantitative estimate of drug-likeness (QED) is 0.246. The number of para-hydroxylation sites is 1. The van der Waals surface area contributed by atoms with Gasteiger partial charge < -0.3 is 9.32 Å². The molecule has 0 spiro atoms. The molecule has 2 heterocycles. The number of hydrogen-bond donors (Lipinski definition) is 0. The molecule has 5 rings (SSSR count). The molecular weight excluding hydrogens is 518 g/mol. The lowest BCUT2D eigenvalue weighted by Crippen LogP contribution is -2.37. The van der Waals surface area contributed by atoms with E-state index in [1.807, 2.05) is 73.7 Å². The maximum atomic E-state index is 13.8. The van der Waals surface area contributed by atoms with Gasteiger partial charge in [-0.05, 0) is 55.0 Å². The topological polar surface area (TPSA) is 68.3 Å². The fraction of sp³-hybridized carbons (Fsp3) is 0.138. The van der Waals surface area contributed by atoms with Crippen molar-refractivity contribution in [1.82, 2.24) is 14.5 Å². The number of fused-ring (bicyclic) bond motifs is 1. The summed E-state index contributed by atoms with van der Waals surface area (Å²) in [6.45, 7) is 2.47. The van der Waals surface area contributed by atoms with Crippen molar-refractivity contribution >= 4 is 32.7 Å². The molecule has 0 aliphatic rings. The summed E-state index contributed by atoms with van der Waals surface area (Å²) < 4.78 is 8.07. The highest BCUT2D eigenvalue weighted by atomic mass is 79.9. The number of benzene rings is 3. The fourth-order valence-electron chi connectivity index (χ4n) is 4.30. The van der Waals surface area contributed by atoms with Crippen LogP contribution in [-0.2, 0) is 13.1 Å². The van der Waals surface area contributed by atoms with Crippen molar-refractivity contribution < 1.29 is 9.21 Å². The van der Waals surface area contributed by atoms with E-state index >= 15 is 0 Å². The minimum atomic E-state index is -0.525. The van der Waals surface area contributed by atoms with Gasteiger partial charge in [-0.2, -0.15) is 0 Å². The molecule has 5 aromatic rings. The lowest BCUT2D eigenvalue weighted by atomic mass is 10.1. The van der Waals surface area contributed by atoms with Crippen molar-refractivity contribution in [2.45, 2.75) is 26.1 Å². The van der Waals surface area contributed by atoms with Gasteiger partial charge in [-0.3, -0.25) is 14.2 Å². The smallest absolute Gasteiger partial charge is 0.261 e. The van der Waals surface area contributed by atoms with Gasteiger partial charge in [0.25, 0.3) is 11.5 Å². The zero-order valence-electron chi connectivity index (χ0n) is 19.7. The van der Waals surface area contributed by atoms with Crippen molar-refractivity contribution in [2.24, 2.45) is 0 Å². The van der Waals surface area contributed by atoms with Crippen LogP contribution in [0.4, 0.5) is 0 Å². The van der Waals surface area contributed by atoms with E-state index in [-0.39, 0.29) is 18.0 Å². The summed E-state index contributed by atoms with van der Waals surface area (Å²) in [4.78, 5) is 34.1. The zero-order valence-corrected chi connectivity index (χ0v) is 21.3. The predicted molar refractivity (Wildman–Crippen MR) is 143 cm³/mol. The monoisotopic (exact) mass is 541 g/mol. The van der Waals surface area contributed by atoms with Gasteiger partial charge in [-0.1, -0.05) is 64.5 Å². The van der Waals surface area contributed by atoms with Crippen LogP contribution in [0.5, 0.6) is 0 Å². The van der Waals surface area contributed by atoms with Crippen LogP contribution in [0, 0.1) is 0 Å². The number of aromatic nitrogens is 2. The van der Waals surface area contributed by atoms with Crippen molar-refractivity contribution in [3.05, 3.63) is 135 Å². The molecule has 2 aromatic heterocycles. The minimum absolute atomic E-state index is 0.140. The van der Waals surface area contributed by atoms with E-state index in [1.165, 1.54) is 0 Å². The third-order valence-corrected chi connectivity index (χ3v) is 6.65. The van der Waals surface area contributed by atoms with Crippen LogP contribution >= 0.6 is 15.9 Å². The van der Waals surface area contributed by atoms with Crippen LogP contribution in [-0.4, -0.2) is 20.4 Å². The van der Waals surface area contributed by atoms with Crippen molar-refractivity contribution in [1.29, 1.82) is 0 Å². The lowest BCUT2D eigenvalue weighted by Gasteiger charge is -2.30. The fourth-order valence-corrected chi connectivity index (χ4v) is 4.70. The van der Waals surface area contributed by atoms with E-state index in [0.717, 1.165) is 10.0 Å². The third-order valence-electron chi connectivity index (χ3n) is 6.15. The lowest BCUT2D eigenvalue weighted by molar-refractivity contribution is 0.0646. The van der Waals surface area contributed by atoms with Crippen LogP contribution in [0.2, 0.25) is 0 Å². The predicted octanol–water partition coefficient (Wildman–Crippen LogP) is 6.20. The van der Waals surface area contributed by atoms with Crippen LogP contribution in [0.1, 0.15) is 40.5 Å². The number of nitrogens with zero attached hydrogens (tertiary/aromatic N) is 3. The van der Waals surface area contributed by atoms with Gasteiger partial charge >= 0.3 is 0 Å². The summed E-state index contributed by atoms with van der Waals surface area (Å²) in [5, 5.41) is 0.542. The molecule has 6 nitrogen and oxygen atoms in total. The summed E-state index contributed by atoms with van der Waals surface area (Å²) in [7, 11) is 0. The Bertz CT molecular complexity index is 1560. The summed E-state index contributed by atoms with van der Waals surface area (Å²) >= 11 is 3.46. The average molecular weight is 542 g/mol. The number of amides is 1. The molecule has 0 fully saturated rings. The first-order valence-electron chi connectivity index (χ1n) is 11.6. The number of carbonyl (C=O) groups is 1. The number of hydrogen-bond acceptors (Lipinski definition) is 4. The van der Waals surface area contributed by atoms with Gasteiger partial charge in [0.1, 0.15) is 11.6 Å². The van der Waals surface area contributed by atoms with E-state index in [2.05, 4.69) is 15.9 Å². The second-order valence-corrected chi connectivity index (χ2v) is 9.48. The van der Waals surface area contributed by atoms with E-state index in [9.17, 15) is 9.59 Å². The SMILES string of the molecule is CC(c1nc2ccccc2c(=O)n1Cc1ccccc1)N(Cc1ccco1)C(=O)c1cccc(Br)c1. The Hall–Kier alpha value is -3.97. The highest BCUT2D eigenvalue weighted by molar-refractivity contribution is 9.10. The maximum absolute atomic E-state index is 13.8. The Labute approximate surface area is 217 Å². The third kappa shape index (κ3) is 4.88. The van der Waals surface area contributed by atoms with Gasteiger partial charge in [0.15, 0.2) is 0 Å². The van der Waals surface area contributed by atoms with Crippen LogP contribution < -0.4 is 5.56 Å². The summed E-state index contributed by atoms with van der Waals surface area (Å²) in [6, 6.07) is 27.4. The first-order chi connectivity index (χ1) is 17.5. The molecule has 1 unspecified atom stereocenters. The first kappa shape index (κ1) is 23.8. The molecule has 0 saturated heterocycles. The highest BCUT2D eigenvalue weighted by Gasteiger charge is 2.28. The van der Waals surface area contributed by atoms with Crippen molar-refractivity contribution in [3.8, 4) is 0 Å². The molecule has 0 N–H and O–H groups in total. The molecule has 180 valence electrons. The van der Waals surface area contributed by atoms with E-state index < -0.39 is 6.04 Å². The van der Waals surface area contributed by atoms with Crippen LogP contribution in [0.25, 0.3) is 10.9 Å². The molecule has 3 aromatic carbocycles. The minimum Gasteiger partial charge on any atom is -0.467 e. The molecule has 1 atom stereocenters. The van der Waals surface area contributed by atoms with Crippen molar-refractivity contribution in [3.63, 3.8) is 0 Å². The first-order valence-corrected chi connectivity index (χ1v) is 12.4. The van der Waals surface area contributed by atoms with Gasteiger partial charge in [-0.25, -0.2) is 4.98 Å². The number of halogens is 1. The second kappa shape index (κ2) is 10.3. The van der Waals surface area contributed by atoms with Crippen molar-refractivity contribution in [2.75, 3.05) is 0 Å². The molecule has 0 bridgehead atoms. The number of carbonyl (C=O) groups excluding carboxylic acids is 1. The Morgan fingerprint density at radius 2 is 1.78 bits per heavy atom. The molecular formula is C29H24BrN3O3. The highest BCUT2D eigenvalue weighted by Crippen LogP contribution is 2.26. The number of furan rings is 1. The molecule has 0 saturated carbocycles. The Kier molecular flexibility index (Phi) is 6.82. The molecule has 1 amide bonds. The summed E-state index contributed by atoms with van der Waals surface area (Å²) in [5.41, 5.74) is 1.96. The Balaban J connectivity index is 1.65. The maximum Gasteiger partial charge on any atom is 0.261 e. The van der Waals surface area contributed by atoms with E-state index in [4.69, 9.17) is 9.40 Å². The van der Waals surface area contributed by atoms with Gasteiger partial charge in [-0.15, -0.1) is 0 Å². The van der Waals surface area contributed by atoms with Crippen LogP contribution in [0.3, 0.4) is 0 Å². The second-order valence-electron chi connectivity index (χ2n) is 8.56. The Morgan fingerprint density at radius 1 is 1.00 bits per heavy atom. The molecule has 0 radical (unpaired) electrons. The van der Waals surface area contributed by atoms with Gasteiger partial charge in [0.05, 0.1) is 36.3 Å².